The van der Waals surface area contributed by atoms with Gasteiger partial charge in [0.05, 0.1) is 23.2 Å². The number of halogens is 3. The molecule has 0 aliphatic carbocycles. The number of rotatable bonds is 10. The zero-order chi connectivity index (χ0) is 33.1. The third kappa shape index (κ3) is 9.81. The summed E-state index contributed by atoms with van der Waals surface area (Å²) in [5.41, 5.74) is 0.373. The van der Waals surface area contributed by atoms with Gasteiger partial charge in [0.1, 0.15) is 23.4 Å². The number of carbonyl (C=O) groups excluding carboxylic acids is 1. The van der Waals surface area contributed by atoms with Crippen molar-refractivity contribution in [2.24, 2.45) is 0 Å². The molecule has 0 aromatic heterocycles. The number of benzene rings is 4. The highest BCUT2D eigenvalue weighted by atomic mass is 32.2. The van der Waals surface area contributed by atoms with Crippen molar-refractivity contribution < 1.29 is 37.3 Å². The quantitative estimate of drug-likeness (QED) is 0.164. The standard InChI is InChI=1S/C33H29F3N2O5S.O2/c34-33(35,36)23-7-15-28(16-8-23)44-38-19-17-27(18-20-38)43-26-13-11-25(12-14-26)42-24-9-5-22(6-10-24)21-31(39)37-30-4-2-1-3-29(30)32(40)41;1-2/h1-16,27H,17-21H2,(H,37,39)(H,40,41);. The smallest absolute Gasteiger partial charge is 0.416 e. The van der Waals surface area contributed by atoms with E-state index in [1.54, 1.807) is 42.5 Å². The number of nitrogens with one attached hydrogen (secondary N) is 1. The average molecular weight is 655 g/mol. The number of para-hydroxylation sites is 1. The lowest BCUT2D eigenvalue weighted by atomic mass is 10.1. The number of carboxylic acids is 1. The zero-order valence-corrected chi connectivity index (χ0v) is 25.1. The maximum Gasteiger partial charge on any atom is 0.416 e. The van der Waals surface area contributed by atoms with Crippen molar-refractivity contribution >= 4 is 29.5 Å². The van der Waals surface area contributed by atoms with Crippen LogP contribution in [-0.2, 0) is 17.4 Å². The molecule has 1 saturated heterocycles. The predicted octanol–water partition coefficient (Wildman–Crippen LogP) is 7.99. The molecule has 46 heavy (non-hydrogen) atoms. The van der Waals surface area contributed by atoms with Gasteiger partial charge in [-0.25, -0.2) is 9.10 Å². The number of aromatic carboxylic acids is 1. The maximum absolute atomic E-state index is 12.8. The first-order valence-corrected chi connectivity index (χ1v) is 14.8. The Bertz CT molecular complexity index is 1590. The first-order chi connectivity index (χ1) is 22.1. The minimum Gasteiger partial charge on any atom is -0.490 e. The number of piperidine rings is 1. The second-order valence-corrected chi connectivity index (χ2v) is 11.3. The molecule has 1 aliphatic rings. The van der Waals surface area contributed by atoms with Gasteiger partial charge in [0.15, 0.2) is 0 Å². The van der Waals surface area contributed by atoms with Crippen LogP contribution in [0.5, 0.6) is 17.2 Å². The molecule has 1 fully saturated rings. The van der Waals surface area contributed by atoms with Crippen molar-refractivity contribution in [2.45, 2.75) is 36.4 Å². The molecule has 1 heterocycles. The van der Waals surface area contributed by atoms with Crippen LogP contribution < -0.4 is 14.8 Å². The molecule has 4 aromatic rings. The molecule has 13 heteroatoms. The van der Waals surface area contributed by atoms with Crippen LogP contribution in [0, 0.1) is 9.93 Å². The summed E-state index contributed by atoms with van der Waals surface area (Å²) in [5, 5.41) is 11.9. The highest BCUT2D eigenvalue weighted by Gasteiger charge is 2.30. The summed E-state index contributed by atoms with van der Waals surface area (Å²) in [5.74, 6) is 0.496. The Morgan fingerprint density at radius 2 is 1.39 bits per heavy atom. The molecular weight excluding hydrogens is 625 g/mol. The monoisotopic (exact) mass is 654 g/mol. The van der Waals surface area contributed by atoms with E-state index in [0.717, 1.165) is 54.3 Å². The highest BCUT2D eigenvalue weighted by Crippen LogP contribution is 2.33. The lowest BCUT2D eigenvalue weighted by Gasteiger charge is -2.31. The van der Waals surface area contributed by atoms with Crippen molar-refractivity contribution in [3.8, 4) is 17.2 Å². The van der Waals surface area contributed by atoms with E-state index in [9.17, 15) is 27.9 Å². The third-order valence-corrected chi connectivity index (χ3v) is 8.01. The second kappa shape index (κ2) is 15.9. The van der Waals surface area contributed by atoms with Gasteiger partial charge in [0, 0.05) is 27.9 Å². The molecule has 4 aromatic carbocycles. The molecule has 2 N–H and O–H groups in total. The Morgan fingerprint density at radius 3 is 1.98 bits per heavy atom. The van der Waals surface area contributed by atoms with Crippen LogP contribution in [0.15, 0.2) is 102 Å². The summed E-state index contributed by atoms with van der Waals surface area (Å²) in [7, 11) is 0. The zero-order valence-electron chi connectivity index (χ0n) is 24.2. The normalized spacial score (nSPS) is 13.6. The molecule has 0 bridgehead atoms. The number of carboxylic acid groups (broad SMARTS) is 1. The molecule has 0 atom stereocenters. The van der Waals surface area contributed by atoms with E-state index < -0.39 is 17.7 Å². The lowest BCUT2D eigenvalue weighted by molar-refractivity contribution is -0.137. The summed E-state index contributed by atoms with van der Waals surface area (Å²) < 4.78 is 52.6. The second-order valence-electron chi connectivity index (χ2n) is 10.2. The van der Waals surface area contributed by atoms with Crippen LogP contribution in [0.1, 0.15) is 34.3 Å². The van der Waals surface area contributed by atoms with E-state index in [-0.39, 0.29) is 29.7 Å². The molecule has 240 valence electrons. The number of amides is 1. The number of hydrogen-bond donors (Lipinski definition) is 2. The van der Waals surface area contributed by atoms with Gasteiger partial charge in [0.2, 0.25) is 5.91 Å². The van der Waals surface area contributed by atoms with Gasteiger partial charge in [0.25, 0.3) is 0 Å². The number of ether oxygens (including phenoxy) is 2. The van der Waals surface area contributed by atoms with E-state index in [0.29, 0.717) is 11.5 Å². The summed E-state index contributed by atoms with van der Waals surface area (Å²) in [6.07, 6.45) is -2.64. The largest absolute Gasteiger partial charge is 0.490 e. The predicted molar refractivity (Wildman–Crippen MR) is 168 cm³/mol. The van der Waals surface area contributed by atoms with E-state index in [1.165, 1.54) is 30.1 Å². The van der Waals surface area contributed by atoms with Crippen molar-refractivity contribution in [1.82, 2.24) is 4.31 Å². The van der Waals surface area contributed by atoms with E-state index >= 15 is 0 Å². The van der Waals surface area contributed by atoms with Gasteiger partial charge in [-0.1, -0.05) is 24.3 Å². The van der Waals surface area contributed by atoms with Crippen molar-refractivity contribution in [3.63, 3.8) is 0 Å². The molecule has 0 radical (unpaired) electrons. The fraction of sp³-hybridized carbons (Fsp3) is 0.212. The molecule has 0 spiro atoms. The maximum atomic E-state index is 12.8. The van der Waals surface area contributed by atoms with Crippen molar-refractivity contribution in [3.05, 3.63) is 124 Å². The number of anilines is 1. The molecule has 0 saturated carbocycles. The van der Waals surface area contributed by atoms with Gasteiger partial charge in [-0.15, -0.1) is 0 Å². The van der Waals surface area contributed by atoms with Crippen LogP contribution in [0.4, 0.5) is 18.9 Å². The van der Waals surface area contributed by atoms with Crippen molar-refractivity contribution in [2.75, 3.05) is 18.4 Å². The summed E-state index contributed by atoms with van der Waals surface area (Å²) in [6.45, 7) is 1.51. The summed E-state index contributed by atoms with van der Waals surface area (Å²) in [6, 6.07) is 25.8. The Hall–Kier alpha value is -4.88. The fourth-order valence-corrected chi connectivity index (χ4v) is 5.59. The first kappa shape index (κ1) is 34.0. The Balaban J connectivity index is 0.00000235. The van der Waals surface area contributed by atoms with Crippen LogP contribution in [0.3, 0.4) is 0 Å². The number of alkyl halides is 3. The molecule has 9 nitrogen and oxygen atoms in total. The van der Waals surface area contributed by atoms with E-state index in [4.69, 9.17) is 19.4 Å². The van der Waals surface area contributed by atoms with Crippen LogP contribution in [0.25, 0.3) is 0 Å². The Kier molecular flexibility index (Phi) is 11.8. The number of nitrogens with zero attached hydrogens (tertiary/aromatic N) is 1. The lowest BCUT2D eigenvalue weighted by Crippen LogP contribution is -2.34. The SMILES string of the molecule is O=C(Cc1ccc(Oc2ccc(OC3CCN(Sc4ccc(C(F)(F)F)cc4)CC3)cc2)cc1)Nc1ccccc1C(=O)O.O=O. The summed E-state index contributed by atoms with van der Waals surface area (Å²) in [4.78, 5) is 38.6. The van der Waals surface area contributed by atoms with E-state index in [1.807, 2.05) is 24.3 Å². The topological polar surface area (TPSA) is 122 Å². The van der Waals surface area contributed by atoms with Crippen LogP contribution in [0.2, 0.25) is 0 Å². The molecular formula is C33H29F3N2O7S. The van der Waals surface area contributed by atoms with Crippen LogP contribution >= 0.6 is 11.9 Å². The average Bonchev–Trinajstić information content (AvgIpc) is 3.05. The molecule has 5 rings (SSSR count). The van der Waals surface area contributed by atoms with E-state index in [2.05, 4.69) is 9.62 Å². The summed E-state index contributed by atoms with van der Waals surface area (Å²) >= 11 is 1.45. The van der Waals surface area contributed by atoms with Gasteiger partial charge in [-0.2, -0.15) is 13.2 Å². The first-order valence-electron chi connectivity index (χ1n) is 14.0. The Labute approximate surface area is 266 Å². The third-order valence-electron chi connectivity index (χ3n) is 6.90. The number of hydrogen-bond acceptors (Lipinski definition) is 8. The van der Waals surface area contributed by atoms with Gasteiger partial charge >= 0.3 is 12.1 Å². The van der Waals surface area contributed by atoms with Gasteiger partial charge in [-0.3, -0.25) is 4.79 Å². The Morgan fingerprint density at radius 1 is 0.826 bits per heavy atom. The highest BCUT2D eigenvalue weighted by molar-refractivity contribution is 7.97. The molecule has 0 unspecified atom stereocenters. The minimum absolute atomic E-state index is 0.0281. The minimum atomic E-state index is -4.34. The van der Waals surface area contributed by atoms with Crippen molar-refractivity contribution in [1.29, 1.82) is 0 Å². The molecule has 1 aliphatic heterocycles. The molecule has 1 amide bonds. The van der Waals surface area contributed by atoms with Gasteiger partial charge < -0.3 is 19.9 Å². The number of carbonyl (C=O) groups is 2. The van der Waals surface area contributed by atoms with Crippen LogP contribution in [-0.4, -0.2) is 40.5 Å². The fourth-order valence-electron chi connectivity index (χ4n) is 4.64. The van der Waals surface area contributed by atoms with Gasteiger partial charge in [-0.05, 0) is 103 Å².